The Morgan fingerprint density at radius 2 is 1.73 bits per heavy atom. The van der Waals surface area contributed by atoms with Crippen LogP contribution in [-0.2, 0) is 4.79 Å². The monoisotopic (exact) mass is 404 g/mol. The van der Waals surface area contributed by atoms with Gasteiger partial charge < -0.3 is 15.2 Å². The summed E-state index contributed by atoms with van der Waals surface area (Å²) in [6, 6.07) is 19.0. The van der Waals surface area contributed by atoms with Gasteiger partial charge in [0.2, 0.25) is 0 Å². The maximum Gasteiger partial charge on any atom is 0.280 e. The van der Waals surface area contributed by atoms with Crippen molar-refractivity contribution in [3.63, 3.8) is 0 Å². The van der Waals surface area contributed by atoms with Crippen molar-refractivity contribution in [2.45, 2.75) is 39.2 Å². The van der Waals surface area contributed by atoms with Crippen LogP contribution in [0, 0.1) is 11.8 Å². The molecule has 1 amide bonds. The molecular weight excluding hydrogens is 370 g/mol. The molecule has 0 spiro atoms. The van der Waals surface area contributed by atoms with E-state index in [0.29, 0.717) is 11.8 Å². The van der Waals surface area contributed by atoms with Gasteiger partial charge in [-0.15, -0.1) is 0 Å². The summed E-state index contributed by atoms with van der Waals surface area (Å²) in [5.41, 5.74) is 3.75. The summed E-state index contributed by atoms with van der Waals surface area (Å²) in [4.78, 5) is 18.6. The SMILES string of the molecule is C[C@@H]1C[C@@H](C)CN(C(=O)[C@@H](C)[NH2+]C[C@@H](c2ccccc2)c2c[nH]c3ccccc23)C1. The van der Waals surface area contributed by atoms with Crippen LogP contribution >= 0.6 is 0 Å². The van der Waals surface area contributed by atoms with Gasteiger partial charge in [0.05, 0.1) is 12.5 Å². The number of rotatable bonds is 6. The molecule has 0 unspecified atom stereocenters. The molecular formula is C26H34N3O+. The lowest BCUT2D eigenvalue weighted by Crippen LogP contribution is -2.92. The summed E-state index contributed by atoms with van der Waals surface area (Å²) in [5.74, 6) is 1.69. The molecule has 2 aromatic carbocycles. The minimum absolute atomic E-state index is 0.0704. The molecule has 3 N–H and O–H groups in total. The summed E-state index contributed by atoms with van der Waals surface area (Å²) < 4.78 is 0. The second-order valence-electron chi connectivity index (χ2n) is 9.20. The summed E-state index contributed by atoms with van der Waals surface area (Å²) in [6.07, 6.45) is 3.36. The lowest BCUT2D eigenvalue weighted by Gasteiger charge is -2.35. The Bertz CT molecular complexity index is 970. The normalized spacial score (nSPS) is 21.5. The quantitative estimate of drug-likeness (QED) is 0.646. The van der Waals surface area contributed by atoms with E-state index >= 15 is 0 Å². The first kappa shape index (κ1) is 20.7. The number of amides is 1. The van der Waals surface area contributed by atoms with Gasteiger partial charge in [0.15, 0.2) is 6.04 Å². The van der Waals surface area contributed by atoms with E-state index in [4.69, 9.17) is 0 Å². The fourth-order valence-corrected chi connectivity index (χ4v) is 5.08. The van der Waals surface area contributed by atoms with Crippen LogP contribution in [-0.4, -0.2) is 41.5 Å². The predicted octanol–water partition coefficient (Wildman–Crippen LogP) is 3.76. The number of nitrogens with zero attached hydrogens (tertiary/aromatic N) is 1. The standard InChI is InChI=1S/C26H33N3O/c1-18-13-19(2)17-29(16-18)26(30)20(3)27-14-23(21-9-5-4-6-10-21)24-15-28-25-12-8-7-11-22(24)25/h4-12,15,18-20,23,27-28H,13-14,16-17H2,1-3H3/p+1/t18-,19-,20-,23+/m1/s1. The van der Waals surface area contributed by atoms with Gasteiger partial charge in [0.25, 0.3) is 5.91 Å². The van der Waals surface area contributed by atoms with E-state index in [-0.39, 0.29) is 17.9 Å². The average Bonchev–Trinajstić information content (AvgIpc) is 3.17. The molecule has 1 saturated heterocycles. The Balaban J connectivity index is 1.52. The van der Waals surface area contributed by atoms with Crippen molar-refractivity contribution in [2.24, 2.45) is 11.8 Å². The molecule has 0 saturated carbocycles. The Kier molecular flexibility index (Phi) is 6.24. The molecule has 4 atom stereocenters. The minimum atomic E-state index is -0.0704. The topological polar surface area (TPSA) is 52.7 Å². The first-order valence-corrected chi connectivity index (χ1v) is 11.3. The predicted molar refractivity (Wildman–Crippen MR) is 122 cm³/mol. The number of nitrogens with two attached hydrogens (primary N) is 1. The molecule has 4 nitrogen and oxygen atoms in total. The van der Waals surface area contributed by atoms with Crippen LogP contribution in [0.1, 0.15) is 44.2 Å². The molecule has 30 heavy (non-hydrogen) atoms. The van der Waals surface area contributed by atoms with Gasteiger partial charge in [0.1, 0.15) is 0 Å². The fraction of sp³-hybridized carbons (Fsp3) is 0.423. The maximum atomic E-state index is 13.1. The third kappa shape index (κ3) is 4.44. The van der Waals surface area contributed by atoms with E-state index in [2.05, 4.69) is 96.8 Å². The summed E-state index contributed by atoms with van der Waals surface area (Å²) >= 11 is 0. The zero-order chi connectivity index (χ0) is 21.1. The molecule has 1 aliphatic rings. The molecule has 2 heterocycles. The third-order valence-electron chi connectivity index (χ3n) is 6.49. The number of fused-ring (bicyclic) bond motifs is 1. The van der Waals surface area contributed by atoms with Crippen LogP contribution in [0.25, 0.3) is 10.9 Å². The van der Waals surface area contributed by atoms with Crippen molar-refractivity contribution in [1.29, 1.82) is 0 Å². The van der Waals surface area contributed by atoms with Crippen LogP contribution in [0.15, 0.2) is 60.8 Å². The number of para-hydroxylation sites is 1. The number of H-pyrrole nitrogens is 1. The van der Waals surface area contributed by atoms with E-state index in [9.17, 15) is 4.79 Å². The highest BCUT2D eigenvalue weighted by Crippen LogP contribution is 2.30. The second kappa shape index (κ2) is 9.05. The number of piperidine rings is 1. The van der Waals surface area contributed by atoms with Gasteiger partial charge in [-0.25, -0.2) is 0 Å². The zero-order valence-corrected chi connectivity index (χ0v) is 18.3. The first-order chi connectivity index (χ1) is 14.5. The van der Waals surface area contributed by atoms with Gasteiger partial charge in [-0.1, -0.05) is 62.4 Å². The number of aromatic nitrogens is 1. The van der Waals surface area contributed by atoms with Crippen LogP contribution in [0.5, 0.6) is 0 Å². The number of likely N-dealkylation sites (tertiary alicyclic amines) is 1. The minimum Gasteiger partial charge on any atom is -0.361 e. The lowest BCUT2D eigenvalue weighted by molar-refractivity contribution is -0.675. The van der Waals surface area contributed by atoms with Gasteiger partial charge in [0, 0.05) is 30.2 Å². The number of benzene rings is 2. The van der Waals surface area contributed by atoms with E-state index in [0.717, 1.165) is 25.2 Å². The van der Waals surface area contributed by atoms with Crippen LogP contribution in [0.4, 0.5) is 0 Å². The average molecular weight is 405 g/mol. The third-order valence-corrected chi connectivity index (χ3v) is 6.49. The molecule has 0 bridgehead atoms. The van der Waals surface area contributed by atoms with Crippen molar-refractivity contribution in [3.05, 3.63) is 71.9 Å². The van der Waals surface area contributed by atoms with Crippen molar-refractivity contribution >= 4 is 16.8 Å². The second-order valence-corrected chi connectivity index (χ2v) is 9.20. The molecule has 1 aliphatic heterocycles. The van der Waals surface area contributed by atoms with E-state index in [1.165, 1.54) is 22.9 Å². The Morgan fingerprint density at radius 1 is 1.07 bits per heavy atom. The van der Waals surface area contributed by atoms with Gasteiger partial charge in [-0.3, -0.25) is 4.79 Å². The highest BCUT2D eigenvalue weighted by molar-refractivity contribution is 5.84. The smallest absolute Gasteiger partial charge is 0.280 e. The van der Waals surface area contributed by atoms with Crippen molar-refractivity contribution in [1.82, 2.24) is 9.88 Å². The van der Waals surface area contributed by atoms with Crippen LogP contribution in [0.2, 0.25) is 0 Å². The molecule has 1 aromatic heterocycles. The highest BCUT2D eigenvalue weighted by atomic mass is 16.2. The summed E-state index contributed by atoms with van der Waals surface area (Å²) in [6.45, 7) is 9.21. The molecule has 1 fully saturated rings. The van der Waals surface area contributed by atoms with E-state index in [1.54, 1.807) is 0 Å². The number of aromatic amines is 1. The van der Waals surface area contributed by atoms with E-state index < -0.39 is 0 Å². The molecule has 158 valence electrons. The van der Waals surface area contributed by atoms with Crippen molar-refractivity contribution in [3.8, 4) is 0 Å². The van der Waals surface area contributed by atoms with Crippen molar-refractivity contribution in [2.75, 3.05) is 19.6 Å². The first-order valence-electron chi connectivity index (χ1n) is 11.3. The summed E-state index contributed by atoms with van der Waals surface area (Å²) in [7, 11) is 0. The van der Waals surface area contributed by atoms with Crippen LogP contribution < -0.4 is 5.32 Å². The fourth-order valence-electron chi connectivity index (χ4n) is 5.08. The number of hydrogen-bond acceptors (Lipinski definition) is 1. The number of carbonyl (C=O) groups is 1. The Morgan fingerprint density at radius 3 is 2.47 bits per heavy atom. The number of hydrogen-bond donors (Lipinski definition) is 2. The van der Waals surface area contributed by atoms with Gasteiger partial charge in [-0.05, 0) is 42.4 Å². The highest BCUT2D eigenvalue weighted by Gasteiger charge is 2.30. The number of quaternary nitrogens is 1. The molecule has 0 aliphatic carbocycles. The molecule has 3 aromatic rings. The van der Waals surface area contributed by atoms with Gasteiger partial charge in [-0.2, -0.15) is 0 Å². The largest absolute Gasteiger partial charge is 0.361 e. The summed E-state index contributed by atoms with van der Waals surface area (Å²) in [5, 5.41) is 3.49. The zero-order valence-electron chi connectivity index (χ0n) is 18.3. The maximum absolute atomic E-state index is 13.1. The molecule has 4 heteroatoms. The van der Waals surface area contributed by atoms with Gasteiger partial charge >= 0.3 is 0 Å². The van der Waals surface area contributed by atoms with Crippen LogP contribution in [0.3, 0.4) is 0 Å². The Labute approximate surface area is 179 Å². The Hall–Kier alpha value is -2.59. The lowest BCUT2D eigenvalue weighted by atomic mass is 9.90. The number of carbonyl (C=O) groups excluding carboxylic acids is 1. The molecule has 0 radical (unpaired) electrons. The number of nitrogens with one attached hydrogen (secondary N) is 1. The molecule has 4 rings (SSSR count). The van der Waals surface area contributed by atoms with E-state index in [1.807, 2.05) is 0 Å². The van der Waals surface area contributed by atoms with Crippen molar-refractivity contribution < 1.29 is 10.1 Å².